The average Bonchev–Trinajstić information content (AvgIpc) is 2.14. The summed E-state index contributed by atoms with van der Waals surface area (Å²) in [6.45, 7) is 2.47. The third-order valence-electron chi connectivity index (χ3n) is 2.35. The molecule has 1 aromatic rings. The van der Waals surface area contributed by atoms with Gasteiger partial charge in [0, 0.05) is 12.3 Å². The molecule has 0 heterocycles. The highest BCUT2D eigenvalue weighted by atomic mass is 32.2. The van der Waals surface area contributed by atoms with Crippen molar-refractivity contribution in [2.75, 3.05) is 18.6 Å². The Morgan fingerprint density at radius 3 is 2.71 bits per heavy atom. The minimum atomic E-state index is -2.95. The van der Waals surface area contributed by atoms with Crippen LogP contribution in [0.2, 0.25) is 0 Å². The lowest BCUT2D eigenvalue weighted by Gasteiger charge is -2.12. The fourth-order valence-electron chi connectivity index (χ4n) is 1.67. The van der Waals surface area contributed by atoms with E-state index in [4.69, 9.17) is 0 Å². The van der Waals surface area contributed by atoms with Gasteiger partial charge < -0.3 is 5.32 Å². The molecule has 0 fully saturated rings. The fraction of sp³-hybridized carbons (Fsp3) is 0.500. The summed E-state index contributed by atoms with van der Waals surface area (Å²) < 4.78 is 34.9. The van der Waals surface area contributed by atoms with Gasteiger partial charge in [0.25, 0.3) is 0 Å². The smallest absolute Gasteiger partial charge is 0.148 e. The first kappa shape index (κ1) is 14.1. The number of hydrogen-bond donors (Lipinski definition) is 1. The standard InChI is InChI=1S/C12H18FNO2S/c1-10(9-17(2,15)16)14-7-6-11-4-3-5-12(13)8-11/h3-5,8,10,14H,6-7,9H2,1-2H3. The highest BCUT2D eigenvalue weighted by Gasteiger charge is 2.09. The molecule has 0 saturated heterocycles. The zero-order valence-electron chi connectivity index (χ0n) is 10.1. The highest BCUT2D eigenvalue weighted by molar-refractivity contribution is 7.90. The SMILES string of the molecule is CC(CS(C)(=O)=O)NCCc1cccc(F)c1. The fourth-order valence-corrected chi connectivity index (χ4v) is 2.69. The van der Waals surface area contributed by atoms with Gasteiger partial charge in [-0.25, -0.2) is 12.8 Å². The molecule has 0 radical (unpaired) electrons. The van der Waals surface area contributed by atoms with E-state index >= 15 is 0 Å². The third kappa shape index (κ3) is 6.38. The number of sulfone groups is 1. The van der Waals surface area contributed by atoms with Crippen molar-refractivity contribution in [3.8, 4) is 0 Å². The zero-order chi connectivity index (χ0) is 12.9. The number of nitrogens with one attached hydrogen (secondary N) is 1. The Morgan fingerprint density at radius 1 is 1.41 bits per heavy atom. The molecule has 17 heavy (non-hydrogen) atoms. The summed E-state index contributed by atoms with van der Waals surface area (Å²) >= 11 is 0. The summed E-state index contributed by atoms with van der Waals surface area (Å²) in [6, 6.07) is 6.33. The van der Waals surface area contributed by atoms with Crippen molar-refractivity contribution in [3.63, 3.8) is 0 Å². The topological polar surface area (TPSA) is 46.2 Å². The van der Waals surface area contributed by atoms with E-state index in [1.807, 2.05) is 13.0 Å². The molecule has 0 aromatic heterocycles. The molecule has 1 atom stereocenters. The van der Waals surface area contributed by atoms with E-state index in [0.29, 0.717) is 13.0 Å². The van der Waals surface area contributed by atoms with Crippen LogP contribution in [-0.2, 0) is 16.3 Å². The molecule has 1 unspecified atom stereocenters. The van der Waals surface area contributed by atoms with Crippen LogP contribution in [0, 0.1) is 5.82 Å². The zero-order valence-corrected chi connectivity index (χ0v) is 10.9. The molecular weight excluding hydrogens is 241 g/mol. The number of hydrogen-bond acceptors (Lipinski definition) is 3. The van der Waals surface area contributed by atoms with Crippen LogP contribution in [0.3, 0.4) is 0 Å². The van der Waals surface area contributed by atoms with Crippen molar-refractivity contribution in [2.24, 2.45) is 0 Å². The summed E-state index contributed by atoms with van der Waals surface area (Å²) in [5.74, 6) is -0.123. The van der Waals surface area contributed by atoms with Crippen molar-refractivity contribution in [3.05, 3.63) is 35.6 Å². The monoisotopic (exact) mass is 259 g/mol. The Balaban J connectivity index is 2.33. The van der Waals surface area contributed by atoms with Gasteiger partial charge in [-0.05, 0) is 37.6 Å². The normalized spacial score (nSPS) is 13.6. The Hall–Kier alpha value is -0.940. The molecule has 0 aliphatic heterocycles. The summed E-state index contributed by atoms with van der Waals surface area (Å²) in [5, 5.41) is 3.11. The quantitative estimate of drug-likeness (QED) is 0.840. The maximum atomic E-state index is 12.9. The number of rotatable bonds is 6. The lowest BCUT2D eigenvalue weighted by molar-refractivity contribution is 0.561. The molecule has 0 aliphatic rings. The van der Waals surface area contributed by atoms with Crippen LogP contribution >= 0.6 is 0 Å². The van der Waals surface area contributed by atoms with Gasteiger partial charge in [0.1, 0.15) is 15.7 Å². The van der Waals surface area contributed by atoms with Crippen LogP contribution in [0.25, 0.3) is 0 Å². The first-order valence-electron chi connectivity index (χ1n) is 5.52. The van der Waals surface area contributed by atoms with Crippen LogP contribution in [0.15, 0.2) is 24.3 Å². The van der Waals surface area contributed by atoms with E-state index in [1.165, 1.54) is 18.4 Å². The largest absolute Gasteiger partial charge is 0.313 e. The molecule has 0 amide bonds. The molecule has 0 aliphatic carbocycles. The van der Waals surface area contributed by atoms with Gasteiger partial charge in [-0.3, -0.25) is 0 Å². The number of benzene rings is 1. The van der Waals surface area contributed by atoms with Gasteiger partial charge in [0.15, 0.2) is 0 Å². The van der Waals surface area contributed by atoms with Gasteiger partial charge in [0.2, 0.25) is 0 Å². The molecule has 1 N–H and O–H groups in total. The molecule has 0 saturated carbocycles. The maximum Gasteiger partial charge on any atom is 0.148 e. The first-order chi connectivity index (χ1) is 7.87. The summed E-state index contributed by atoms with van der Waals surface area (Å²) in [5.41, 5.74) is 0.907. The minimum Gasteiger partial charge on any atom is -0.313 e. The molecule has 5 heteroatoms. The minimum absolute atomic E-state index is 0.0847. The predicted molar refractivity (Wildman–Crippen MR) is 67.3 cm³/mol. The van der Waals surface area contributed by atoms with Crippen molar-refractivity contribution in [1.82, 2.24) is 5.32 Å². The Morgan fingerprint density at radius 2 is 2.12 bits per heavy atom. The van der Waals surface area contributed by atoms with E-state index in [9.17, 15) is 12.8 Å². The third-order valence-corrected chi connectivity index (χ3v) is 3.45. The molecule has 0 spiro atoms. The van der Waals surface area contributed by atoms with E-state index < -0.39 is 9.84 Å². The Bertz CT molecular complexity index is 459. The Labute approximate surface area is 102 Å². The van der Waals surface area contributed by atoms with Crippen LogP contribution in [0.5, 0.6) is 0 Å². The molecule has 1 aromatic carbocycles. The van der Waals surface area contributed by atoms with Crippen molar-refractivity contribution in [1.29, 1.82) is 0 Å². The second-order valence-electron chi connectivity index (χ2n) is 4.33. The number of halogens is 1. The van der Waals surface area contributed by atoms with Gasteiger partial charge in [0.05, 0.1) is 5.75 Å². The first-order valence-corrected chi connectivity index (χ1v) is 7.58. The highest BCUT2D eigenvalue weighted by Crippen LogP contribution is 2.03. The molecule has 0 bridgehead atoms. The second kappa shape index (κ2) is 6.12. The predicted octanol–water partition coefficient (Wildman–Crippen LogP) is 1.39. The molecule has 3 nitrogen and oxygen atoms in total. The van der Waals surface area contributed by atoms with Crippen molar-refractivity contribution < 1.29 is 12.8 Å². The average molecular weight is 259 g/mol. The van der Waals surface area contributed by atoms with Crippen LogP contribution in [0.1, 0.15) is 12.5 Å². The van der Waals surface area contributed by atoms with Crippen LogP contribution in [0.4, 0.5) is 4.39 Å². The maximum absolute atomic E-state index is 12.9. The van der Waals surface area contributed by atoms with Crippen LogP contribution < -0.4 is 5.32 Å². The van der Waals surface area contributed by atoms with Crippen molar-refractivity contribution >= 4 is 9.84 Å². The van der Waals surface area contributed by atoms with Crippen molar-refractivity contribution in [2.45, 2.75) is 19.4 Å². The summed E-state index contributed by atoms with van der Waals surface area (Å²) in [4.78, 5) is 0. The van der Waals surface area contributed by atoms with Crippen LogP contribution in [-0.4, -0.2) is 33.0 Å². The van der Waals surface area contributed by atoms with Gasteiger partial charge in [-0.1, -0.05) is 12.1 Å². The molecule has 96 valence electrons. The van der Waals surface area contributed by atoms with E-state index in [1.54, 1.807) is 6.07 Å². The van der Waals surface area contributed by atoms with Gasteiger partial charge >= 0.3 is 0 Å². The lowest BCUT2D eigenvalue weighted by atomic mass is 10.1. The Kier molecular flexibility index (Phi) is 5.08. The van der Waals surface area contributed by atoms with E-state index in [2.05, 4.69) is 5.32 Å². The molecular formula is C12H18FNO2S. The van der Waals surface area contributed by atoms with Gasteiger partial charge in [-0.2, -0.15) is 0 Å². The lowest BCUT2D eigenvalue weighted by Crippen LogP contribution is -2.34. The van der Waals surface area contributed by atoms with Gasteiger partial charge in [-0.15, -0.1) is 0 Å². The summed E-state index contributed by atoms with van der Waals surface area (Å²) in [6.07, 6.45) is 1.91. The second-order valence-corrected chi connectivity index (χ2v) is 6.51. The molecule has 1 rings (SSSR count). The summed E-state index contributed by atoms with van der Waals surface area (Å²) in [7, 11) is -2.95. The van der Waals surface area contributed by atoms with E-state index in [-0.39, 0.29) is 17.6 Å². The van der Waals surface area contributed by atoms with E-state index in [0.717, 1.165) is 5.56 Å².